The second kappa shape index (κ2) is 10.1. The quantitative estimate of drug-likeness (QED) is 0.528. The lowest BCUT2D eigenvalue weighted by Gasteiger charge is -2.13. The Morgan fingerprint density at radius 3 is 2.61 bits per heavy atom. The number of benzene rings is 2. The maximum absolute atomic E-state index is 13.2. The van der Waals surface area contributed by atoms with E-state index in [1.807, 2.05) is 0 Å². The van der Waals surface area contributed by atoms with Crippen molar-refractivity contribution >= 4 is 17.5 Å². The fourth-order valence-corrected chi connectivity index (χ4v) is 3.05. The number of ether oxygens (including phenoxy) is 2. The van der Waals surface area contributed by atoms with Crippen LogP contribution in [0.5, 0.6) is 5.75 Å². The highest BCUT2D eigenvalue weighted by Crippen LogP contribution is 2.16. The molecule has 31 heavy (non-hydrogen) atoms. The van der Waals surface area contributed by atoms with Crippen LogP contribution >= 0.6 is 11.6 Å². The molecule has 162 valence electrons. The van der Waals surface area contributed by atoms with Crippen molar-refractivity contribution < 1.29 is 14.3 Å². The first-order chi connectivity index (χ1) is 15.0. The predicted octanol–water partition coefficient (Wildman–Crippen LogP) is 1.48. The molecule has 0 aliphatic rings. The van der Waals surface area contributed by atoms with Crippen LogP contribution in [0.1, 0.15) is 16.1 Å². The third kappa shape index (κ3) is 5.01. The number of nitrogens with one attached hydrogen (secondary N) is 1. The average molecular weight is 445 g/mol. The van der Waals surface area contributed by atoms with Gasteiger partial charge in [0.1, 0.15) is 5.75 Å². The molecule has 0 saturated heterocycles. The van der Waals surface area contributed by atoms with Crippen molar-refractivity contribution in [2.75, 3.05) is 27.4 Å². The summed E-state index contributed by atoms with van der Waals surface area (Å²) in [5.74, 6) is -0.229. The van der Waals surface area contributed by atoms with E-state index in [9.17, 15) is 14.4 Å². The molecule has 2 aromatic carbocycles. The smallest absolute Gasteiger partial charge is 0.352 e. The summed E-state index contributed by atoms with van der Waals surface area (Å²) >= 11 is 6.21. The number of rotatable bonds is 8. The molecule has 0 saturated carbocycles. The zero-order chi connectivity index (χ0) is 22.4. The monoisotopic (exact) mass is 444 g/mol. The molecule has 0 radical (unpaired) electrons. The van der Waals surface area contributed by atoms with E-state index in [0.29, 0.717) is 22.0 Å². The Labute approximate surface area is 182 Å². The Bertz CT molecular complexity index is 1200. The topological polar surface area (TPSA) is 104 Å². The van der Waals surface area contributed by atoms with Gasteiger partial charge in [0.05, 0.1) is 25.9 Å². The van der Waals surface area contributed by atoms with Crippen molar-refractivity contribution in [2.24, 2.45) is 0 Å². The van der Waals surface area contributed by atoms with Gasteiger partial charge < -0.3 is 14.8 Å². The molecule has 3 aromatic rings. The number of nitrogens with zero attached hydrogens (tertiary/aromatic N) is 3. The van der Waals surface area contributed by atoms with Gasteiger partial charge in [0.25, 0.3) is 11.5 Å². The number of aromatic nitrogens is 3. The molecule has 1 amide bonds. The van der Waals surface area contributed by atoms with Crippen LogP contribution in [-0.4, -0.2) is 47.6 Å². The van der Waals surface area contributed by atoms with E-state index in [0.717, 1.165) is 9.25 Å². The molecule has 0 aliphatic carbocycles. The number of halogens is 1. The van der Waals surface area contributed by atoms with Gasteiger partial charge in [-0.1, -0.05) is 35.9 Å². The number of amides is 1. The van der Waals surface area contributed by atoms with Gasteiger partial charge in [-0.15, -0.1) is 0 Å². The highest BCUT2D eigenvalue weighted by Gasteiger charge is 2.21. The Morgan fingerprint density at radius 1 is 1.13 bits per heavy atom. The Balaban J connectivity index is 2.17. The fourth-order valence-electron chi connectivity index (χ4n) is 2.85. The first kappa shape index (κ1) is 22.3. The van der Waals surface area contributed by atoms with E-state index >= 15 is 0 Å². The molecule has 1 aromatic heterocycles. The molecule has 9 nitrogen and oxygen atoms in total. The van der Waals surface area contributed by atoms with E-state index in [4.69, 9.17) is 21.1 Å². The van der Waals surface area contributed by atoms with Crippen molar-refractivity contribution in [3.05, 3.63) is 85.6 Å². The summed E-state index contributed by atoms with van der Waals surface area (Å²) in [5, 5.41) is 7.00. The summed E-state index contributed by atoms with van der Waals surface area (Å²) in [7, 11) is 2.98. The van der Waals surface area contributed by atoms with Crippen LogP contribution in [-0.2, 0) is 11.3 Å². The molecule has 3 rings (SSSR count). The van der Waals surface area contributed by atoms with Crippen LogP contribution in [0.25, 0.3) is 5.69 Å². The summed E-state index contributed by atoms with van der Waals surface area (Å²) in [6.07, 6.45) is 0. The van der Waals surface area contributed by atoms with Gasteiger partial charge in [-0.05, 0) is 23.8 Å². The molecule has 0 fully saturated rings. The molecule has 0 atom stereocenters. The van der Waals surface area contributed by atoms with Gasteiger partial charge in [-0.2, -0.15) is 9.78 Å². The van der Waals surface area contributed by atoms with E-state index in [1.54, 1.807) is 48.5 Å². The molecule has 0 bridgehead atoms. The van der Waals surface area contributed by atoms with Crippen molar-refractivity contribution in [3.8, 4) is 11.4 Å². The minimum Gasteiger partial charge on any atom is -0.497 e. The van der Waals surface area contributed by atoms with Crippen LogP contribution in [0.3, 0.4) is 0 Å². The van der Waals surface area contributed by atoms with Crippen LogP contribution in [0.15, 0.2) is 58.1 Å². The Hall–Kier alpha value is -3.43. The molecule has 1 heterocycles. The average Bonchev–Trinajstić information content (AvgIpc) is 2.78. The highest BCUT2D eigenvalue weighted by atomic mass is 35.5. The van der Waals surface area contributed by atoms with Gasteiger partial charge >= 0.3 is 5.69 Å². The van der Waals surface area contributed by atoms with E-state index in [-0.39, 0.29) is 19.7 Å². The molecule has 0 unspecified atom stereocenters. The lowest BCUT2D eigenvalue weighted by Crippen LogP contribution is -2.46. The number of hydrogen-bond acceptors (Lipinski definition) is 6. The summed E-state index contributed by atoms with van der Waals surface area (Å²) < 4.78 is 12.0. The van der Waals surface area contributed by atoms with Gasteiger partial charge in [0.15, 0.2) is 0 Å². The molecular formula is C21H21ClN4O5. The normalized spacial score (nSPS) is 10.7. The first-order valence-corrected chi connectivity index (χ1v) is 9.73. The van der Waals surface area contributed by atoms with Crippen LogP contribution in [0, 0.1) is 0 Å². The summed E-state index contributed by atoms with van der Waals surface area (Å²) in [6, 6.07) is 13.4. The van der Waals surface area contributed by atoms with Gasteiger partial charge in [0, 0.05) is 24.7 Å². The van der Waals surface area contributed by atoms with E-state index in [1.165, 1.54) is 14.2 Å². The van der Waals surface area contributed by atoms with Gasteiger partial charge in [-0.25, -0.2) is 4.79 Å². The standard InChI is InChI=1S/C21H21ClN4O5/c1-30-11-10-23-19(27)18-20(28)25(13-14-6-3-4-9-17(14)22)21(29)26(24-18)15-7-5-8-16(12-15)31-2/h3-9,12H,10-11,13H2,1-2H3,(H,23,27). The van der Waals surface area contributed by atoms with Crippen molar-refractivity contribution in [1.82, 2.24) is 19.7 Å². The number of carbonyl (C=O) groups is 1. The maximum Gasteiger partial charge on any atom is 0.352 e. The van der Waals surface area contributed by atoms with Crippen LogP contribution in [0.4, 0.5) is 0 Å². The SMILES string of the molecule is COCCNC(=O)c1nn(-c2cccc(OC)c2)c(=O)n(Cc2ccccc2Cl)c1=O. The summed E-state index contributed by atoms with van der Waals surface area (Å²) in [6.45, 7) is 0.316. The van der Waals surface area contributed by atoms with Crippen molar-refractivity contribution in [3.63, 3.8) is 0 Å². The Kier molecular flexibility index (Phi) is 7.22. The summed E-state index contributed by atoms with van der Waals surface area (Å²) in [5.41, 5.74) is -1.07. The minimum absolute atomic E-state index is 0.123. The number of carbonyl (C=O) groups excluding carboxylic acids is 1. The minimum atomic E-state index is -0.820. The largest absolute Gasteiger partial charge is 0.497 e. The number of methoxy groups -OCH3 is 2. The van der Waals surface area contributed by atoms with Crippen molar-refractivity contribution in [2.45, 2.75) is 6.54 Å². The Morgan fingerprint density at radius 2 is 1.90 bits per heavy atom. The van der Waals surface area contributed by atoms with Crippen LogP contribution in [0.2, 0.25) is 5.02 Å². The highest BCUT2D eigenvalue weighted by molar-refractivity contribution is 6.31. The lowest BCUT2D eigenvalue weighted by molar-refractivity contribution is 0.0927. The fraction of sp³-hybridized carbons (Fsp3) is 0.238. The molecule has 10 heteroatoms. The predicted molar refractivity (Wildman–Crippen MR) is 115 cm³/mol. The molecular weight excluding hydrogens is 424 g/mol. The molecule has 1 N–H and O–H groups in total. The first-order valence-electron chi connectivity index (χ1n) is 9.35. The second-order valence-corrected chi connectivity index (χ2v) is 6.88. The van der Waals surface area contributed by atoms with E-state index in [2.05, 4.69) is 10.4 Å². The zero-order valence-electron chi connectivity index (χ0n) is 17.0. The van der Waals surface area contributed by atoms with Gasteiger partial charge in [0.2, 0.25) is 5.69 Å². The lowest BCUT2D eigenvalue weighted by atomic mass is 10.2. The molecule has 0 spiro atoms. The molecule has 0 aliphatic heterocycles. The summed E-state index contributed by atoms with van der Waals surface area (Å²) in [4.78, 5) is 38.8. The number of hydrogen-bond donors (Lipinski definition) is 1. The zero-order valence-corrected chi connectivity index (χ0v) is 17.8. The van der Waals surface area contributed by atoms with Crippen molar-refractivity contribution in [1.29, 1.82) is 0 Å². The third-order valence-corrected chi connectivity index (χ3v) is 4.82. The third-order valence-electron chi connectivity index (χ3n) is 4.45. The maximum atomic E-state index is 13.2. The van der Waals surface area contributed by atoms with E-state index < -0.39 is 22.9 Å². The van der Waals surface area contributed by atoms with Crippen LogP contribution < -0.4 is 21.3 Å². The van der Waals surface area contributed by atoms with Gasteiger partial charge in [-0.3, -0.25) is 14.2 Å². The second-order valence-electron chi connectivity index (χ2n) is 6.48.